The summed E-state index contributed by atoms with van der Waals surface area (Å²) in [6.45, 7) is 3.83. The van der Waals surface area contributed by atoms with Gasteiger partial charge in [-0.3, -0.25) is 0 Å². The molecular weight excluding hydrogens is 407 g/mol. The summed E-state index contributed by atoms with van der Waals surface area (Å²) in [6.07, 6.45) is 3.02. The Morgan fingerprint density at radius 3 is 2.55 bits per heavy atom. The van der Waals surface area contributed by atoms with Crippen LogP contribution < -0.4 is 0 Å². The summed E-state index contributed by atoms with van der Waals surface area (Å²) in [5.41, 5.74) is -3.52. The number of halogens is 3. The van der Waals surface area contributed by atoms with Crippen molar-refractivity contribution < 1.29 is 26.7 Å². The van der Waals surface area contributed by atoms with Gasteiger partial charge >= 0.3 is 5.51 Å². The summed E-state index contributed by atoms with van der Waals surface area (Å²) in [5.74, 6) is -0.122. The van der Waals surface area contributed by atoms with Gasteiger partial charge in [0.15, 0.2) is 0 Å². The zero-order valence-electron chi connectivity index (χ0n) is 16.1. The molecule has 10 heteroatoms. The van der Waals surface area contributed by atoms with Crippen molar-refractivity contribution in [3.8, 4) is 17.0 Å². The predicted molar refractivity (Wildman–Crippen MR) is 101 cm³/mol. The van der Waals surface area contributed by atoms with Crippen LogP contribution in [-0.2, 0) is 16.3 Å². The average Bonchev–Trinajstić information content (AvgIpc) is 2.61. The normalized spacial score (nSPS) is 18.7. The number of likely N-dealkylation sites (tertiary alicyclic amines) is 1. The van der Waals surface area contributed by atoms with Crippen LogP contribution in [0.2, 0.25) is 0 Å². The summed E-state index contributed by atoms with van der Waals surface area (Å²) in [6, 6.07) is 4.35. The molecule has 0 unspecified atom stereocenters. The van der Waals surface area contributed by atoms with Crippen molar-refractivity contribution in [2.75, 3.05) is 20.1 Å². The first-order valence-corrected chi connectivity index (χ1v) is 10.6. The van der Waals surface area contributed by atoms with E-state index in [-0.39, 0.29) is 5.56 Å². The number of sulfone groups is 1. The van der Waals surface area contributed by atoms with Crippen LogP contribution in [0.1, 0.15) is 24.1 Å². The molecule has 1 aromatic carbocycles. The monoisotopic (exact) mass is 429 g/mol. The van der Waals surface area contributed by atoms with Gasteiger partial charge in [0.05, 0.1) is 16.3 Å². The lowest BCUT2D eigenvalue weighted by atomic mass is 9.93. The van der Waals surface area contributed by atoms with Gasteiger partial charge in [-0.1, -0.05) is 0 Å². The van der Waals surface area contributed by atoms with Gasteiger partial charge in [0, 0.05) is 12.1 Å². The van der Waals surface area contributed by atoms with E-state index in [0.29, 0.717) is 23.2 Å². The molecule has 1 N–H and O–H groups in total. The van der Waals surface area contributed by atoms with Gasteiger partial charge in [-0.2, -0.15) is 18.3 Å². The molecule has 0 bridgehead atoms. The Bertz CT molecular complexity index is 1010. The van der Waals surface area contributed by atoms with Crippen LogP contribution in [0.3, 0.4) is 0 Å². The number of nitrogens with zero attached hydrogens (tertiary/aromatic N) is 3. The molecule has 1 aromatic heterocycles. The summed E-state index contributed by atoms with van der Waals surface area (Å²) in [5, 5.41) is 18.5. The highest BCUT2D eigenvalue weighted by Crippen LogP contribution is 2.36. The van der Waals surface area contributed by atoms with E-state index < -0.39 is 26.0 Å². The number of rotatable bonds is 4. The third kappa shape index (κ3) is 4.53. The first-order valence-electron chi connectivity index (χ1n) is 9.15. The molecule has 1 aliphatic heterocycles. The Kier molecular flexibility index (Phi) is 5.86. The fraction of sp³-hybridized carbons (Fsp3) is 0.474. The minimum absolute atomic E-state index is 0.125. The summed E-state index contributed by atoms with van der Waals surface area (Å²) in [4.78, 5) is 1.26. The Labute approximate surface area is 167 Å². The SMILES string of the molecule is Cc1cc(C[C@@H]2CCCN(C)C2)nnc1-c1ccc(S(=O)(=O)C(F)(F)F)cc1O. The molecular formula is C19H22F3N3O3S. The highest BCUT2D eigenvalue weighted by atomic mass is 32.2. The molecule has 0 saturated carbocycles. The van der Waals surface area contributed by atoms with E-state index in [0.717, 1.165) is 50.2 Å². The van der Waals surface area contributed by atoms with Gasteiger partial charge in [-0.15, -0.1) is 5.10 Å². The molecule has 0 aliphatic carbocycles. The van der Waals surface area contributed by atoms with E-state index in [9.17, 15) is 26.7 Å². The van der Waals surface area contributed by atoms with Gasteiger partial charge in [-0.05, 0) is 75.5 Å². The van der Waals surface area contributed by atoms with Crippen LogP contribution in [0.25, 0.3) is 11.3 Å². The number of alkyl halides is 3. The van der Waals surface area contributed by atoms with Crippen molar-refractivity contribution in [1.29, 1.82) is 0 Å². The second-order valence-corrected chi connectivity index (χ2v) is 9.41. The highest BCUT2D eigenvalue weighted by molar-refractivity contribution is 7.92. The standard InChI is InChI=1S/C19H22F3N3O3S/c1-12-8-14(9-13-4-3-7-25(2)11-13)23-24-18(12)16-6-5-15(10-17(16)26)29(27,28)19(20,21)22/h5-6,8,10,13,26H,3-4,7,9,11H2,1-2H3/t13-/m0/s1. The molecule has 2 heterocycles. The molecule has 1 saturated heterocycles. The predicted octanol–water partition coefficient (Wildman–Crippen LogP) is 3.34. The second-order valence-electron chi connectivity index (χ2n) is 7.47. The summed E-state index contributed by atoms with van der Waals surface area (Å²) in [7, 11) is -3.45. The Morgan fingerprint density at radius 1 is 1.24 bits per heavy atom. The minimum atomic E-state index is -5.54. The topological polar surface area (TPSA) is 83.4 Å². The Balaban J connectivity index is 1.86. The van der Waals surface area contributed by atoms with Gasteiger partial charge < -0.3 is 10.0 Å². The largest absolute Gasteiger partial charge is 0.507 e. The van der Waals surface area contributed by atoms with E-state index in [1.54, 1.807) is 6.92 Å². The van der Waals surface area contributed by atoms with Crippen LogP contribution in [0, 0.1) is 12.8 Å². The molecule has 0 amide bonds. The molecule has 3 rings (SSSR count). The summed E-state index contributed by atoms with van der Waals surface area (Å²) < 4.78 is 61.1. The molecule has 2 aromatic rings. The van der Waals surface area contributed by atoms with Crippen molar-refractivity contribution in [3.63, 3.8) is 0 Å². The van der Waals surface area contributed by atoms with Crippen molar-refractivity contribution in [2.45, 2.75) is 36.6 Å². The van der Waals surface area contributed by atoms with E-state index in [1.807, 2.05) is 6.07 Å². The van der Waals surface area contributed by atoms with Gasteiger partial charge in [0.2, 0.25) is 0 Å². The maximum atomic E-state index is 12.7. The van der Waals surface area contributed by atoms with Crippen molar-refractivity contribution >= 4 is 9.84 Å². The van der Waals surface area contributed by atoms with Crippen molar-refractivity contribution in [1.82, 2.24) is 15.1 Å². The first kappa shape index (κ1) is 21.5. The molecule has 158 valence electrons. The van der Waals surface area contributed by atoms with Crippen LogP contribution in [0.15, 0.2) is 29.2 Å². The van der Waals surface area contributed by atoms with Gasteiger partial charge in [-0.25, -0.2) is 8.42 Å². The smallest absolute Gasteiger partial charge is 0.501 e. The number of aryl methyl sites for hydroxylation is 1. The molecule has 29 heavy (non-hydrogen) atoms. The molecule has 1 fully saturated rings. The number of phenolic OH excluding ortho intramolecular Hbond substituents is 1. The molecule has 0 radical (unpaired) electrons. The molecule has 1 aliphatic rings. The fourth-order valence-corrected chi connectivity index (χ4v) is 4.44. The zero-order valence-corrected chi connectivity index (χ0v) is 16.9. The van der Waals surface area contributed by atoms with Crippen LogP contribution in [-0.4, -0.2) is 54.3 Å². The maximum absolute atomic E-state index is 12.7. The zero-order chi connectivity index (χ0) is 21.4. The second kappa shape index (κ2) is 7.91. The maximum Gasteiger partial charge on any atom is 0.501 e. The number of benzene rings is 1. The van der Waals surface area contributed by atoms with Gasteiger partial charge in [0.1, 0.15) is 5.75 Å². The highest BCUT2D eigenvalue weighted by Gasteiger charge is 2.47. The number of aromatic hydroxyl groups is 1. The average molecular weight is 429 g/mol. The number of hydrogen-bond acceptors (Lipinski definition) is 6. The first-order chi connectivity index (χ1) is 13.5. The number of hydrogen-bond donors (Lipinski definition) is 1. The van der Waals surface area contributed by atoms with E-state index in [1.165, 1.54) is 0 Å². The lowest BCUT2D eigenvalue weighted by Gasteiger charge is -2.29. The van der Waals surface area contributed by atoms with Crippen LogP contribution in [0.5, 0.6) is 5.75 Å². The Morgan fingerprint density at radius 2 is 1.97 bits per heavy atom. The fourth-order valence-electron chi connectivity index (χ4n) is 3.65. The Hall–Kier alpha value is -2.20. The van der Waals surface area contributed by atoms with E-state index in [4.69, 9.17) is 0 Å². The summed E-state index contributed by atoms with van der Waals surface area (Å²) >= 11 is 0. The van der Waals surface area contributed by atoms with Crippen molar-refractivity contribution in [3.05, 3.63) is 35.5 Å². The third-order valence-corrected chi connectivity index (χ3v) is 6.58. The number of phenols is 1. The number of aromatic nitrogens is 2. The number of piperidine rings is 1. The molecule has 6 nitrogen and oxygen atoms in total. The lowest BCUT2D eigenvalue weighted by Crippen LogP contribution is -2.33. The quantitative estimate of drug-likeness (QED) is 0.803. The minimum Gasteiger partial charge on any atom is -0.507 e. The lowest BCUT2D eigenvalue weighted by molar-refractivity contribution is -0.0436. The van der Waals surface area contributed by atoms with E-state index >= 15 is 0 Å². The van der Waals surface area contributed by atoms with Crippen LogP contribution in [0.4, 0.5) is 13.2 Å². The van der Waals surface area contributed by atoms with E-state index in [2.05, 4.69) is 22.1 Å². The molecule has 0 spiro atoms. The molecule has 1 atom stereocenters. The third-order valence-electron chi connectivity index (χ3n) is 5.09. The van der Waals surface area contributed by atoms with Gasteiger partial charge in [0.25, 0.3) is 9.84 Å². The van der Waals surface area contributed by atoms with Crippen molar-refractivity contribution in [2.24, 2.45) is 5.92 Å². The van der Waals surface area contributed by atoms with Crippen LogP contribution >= 0.6 is 0 Å².